The van der Waals surface area contributed by atoms with Gasteiger partial charge >= 0.3 is 10.3 Å². The van der Waals surface area contributed by atoms with E-state index >= 15 is 0 Å². The molecule has 0 spiro atoms. The van der Waals surface area contributed by atoms with E-state index in [1.807, 2.05) is 0 Å². The van der Waals surface area contributed by atoms with Crippen molar-refractivity contribution >= 4 is 10.3 Å². The fraction of sp³-hybridized carbons (Fsp3) is 0. The maximum Gasteiger partial charge on any atom is 0.376 e. The highest BCUT2D eigenvalue weighted by molar-refractivity contribution is 7.89. The molecule has 1 rings (SSSR count). The van der Waals surface area contributed by atoms with Gasteiger partial charge in [0.05, 0.1) is 0 Å². The van der Waals surface area contributed by atoms with Gasteiger partial charge in [0, 0.05) is 0 Å². The average Bonchev–Trinajstić information content (AvgIpc) is 1.76. The summed E-state index contributed by atoms with van der Waals surface area (Å²) >= 11 is 0. The summed E-state index contributed by atoms with van der Waals surface area (Å²) in [6, 6.07) is 0. The van der Waals surface area contributed by atoms with E-state index < -0.39 is 10.3 Å². The highest BCUT2D eigenvalue weighted by Crippen LogP contribution is 1.96. The van der Waals surface area contributed by atoms with E-state index in [1.165, 1.54) is 0 Å². The van der Waals surface area contributed by atoms with Crippen molar-refractivity contribution in [1.29, 1.82) is 0 Å². The fourth-order valence-electron chi connectivity index (χ4n) is 0.0278. The molecule has 0 bridgehead atoms. The van der Waals surface area contributed by atoms with Crippen molar-refractivity contribution in [3.63, 3.8) is 0 Å². The average molecular weight is 113 g/mol. The first-order chi connectivity index (χ1) is 2.21. The molecule has 0 saturated carbocycles. The van der Waals surface area contributed by atoms with Crippen LogP contribution in [0.1, 0.15) is 0 Å². The van der Waals surface area contributed by atoms with Gasteiger partial charge in [0.25, 0.3) is 0 Å². The molecule has 1 saturated heterocycles. The highest BCUT2D eigenvalue weighted by Gasteiger charge is 2.26. The molecule has 0 aromatic heterocycles. The zero-order chi connectivity index (χ0) is 3.91. The van der Waals surface area contributed by atoms with Crippen molar-refractivity contribution < 1.29 is 18.2 Å². The molecule has 6 heteroatoms. The predicted molar refractivity (Wildman–Crippen MR) is 16.8 cm³/mol. The molecule has 0 radical (unpaired) electrons. The summed E-state index contributed by atoms with van der Waals surface area (Å²) in [5.41, 5.74) is 0. The first-order valence-electron chi connectivity index (χ1n) is 0.908. The number of nitrogens with one attached hydrogen (secondary N) is 1. The Labute approximate surface area is 34.4 Å². The summed E-state index contributed by atoms with van der Waals surface area (Å²) in [7, 11) is -3.17. The van der Waals surface area contributed by atoms with Crippen molar-refractivity contribution in [3.8, 4) is 0 Å². The lowest BCUT2D eigenvalue weighted by Gasteiger charge is -1.36. The Kier molecular flexibility index (Phi) is 1.12. The molecule has 3 N–H and O–H groups in total. The normalized spacial score (nSPS) is 24.7. The molecule has 1 aliphatic rings. The standard InChI is InChI=1S/HNO3S.H2O/c2-5(3)1-4-5;/h1H;1H2. The van der Waals surface area contributed by atoms with Crippen molar-refractivity contribution in [3.05, 3.63) is 0 Å². The molecule has 0 unspecified atom stereocenters. The molecular weight excluding hydrogens is 110 g/mol. The van der Waals surface area contributed by atoms with Crippen LogP contribution in [0.2, 0.25) is 0 Å². The molecule has 1 fully saturated rings. The van der Waals surface area contributed by atoms with Crippen LogP contribution in [0.4, 0.5) is 0 Å². The molecule has 5 nitrogen and oxygen atoms in total. The minimum atomic E-state index is -3.17. The Morgan fingerprint density at radius 3 is 1.67 bits per heavy atom. The maximum atomic E-state index is 9.41. The summed E-state index contributed by atoms with van der Waals surface area (Å²) in [5, 5.41) is 0. The Morgan fingerprint density at radius 2 is 1.67 bits per heavy atom. The van der Waals surface area contributed by atoms with E-state index in [2.05, 4.69) is 4.28 Å². The number of rotatable bonds is 0. The SMILES string of the molecule is O.O=S1(=O)NO1. The topological polar surface area (TPSA) is 100 Å². The lowest BCUT2D eigenvalue weighted by Crippen LogP contribution is -1.72. The zero-order valence-corrected chi connectivity index (χ0v) is 3.45. The van der Waals surface area contributed by atoms with E-state index in [4.69, 9.17) is 0 Å². The van der Waals surface area contributed by atoms with Crippen LogP contribution in [-0.2, 0) is 14.6 Å². The quantitative estimate of drug-likeness (QED) is 0.365. The summed E-state index contributed by atoms with van der Waals surface area (Å²) in [4.78, 5) is 1.65. The minimum absolute atomic E-state index is 0. The van der Waals surface area contributed by atoms with Crippen molar-refractivity contribution in [2.45, 2.75) is 0 Å². The van der Waals surface area contributed by atoms with Crippen molar-refractivity contribution in [2.24, 2.45) is 0 Å². The smallest absolute Gasteiger partial charge is 0.376 e. The summed E-state index contributed by atoms with van der Waals surface area (Å²) < 4.78 is 22.4. The van der Waals surface area contributed by atoms with Crippen LogP contribution in [0, 0.1) is 0 Å². The third-order valence-electron chi connectivity index (χ3n) is 0.219. The van der Waals surface area contributed by atoms with Gasteiger partial charge in [0.2, 0.25) is 0 Å². The van der Waals surface area contributed by atoms with Crippen molar-refractivity contribution in [1.82, 2.24) is 4.89 Å². The molecule has 38 valence electrons. The van der Waals surface area contributed by atoms with Gasteiger partial charge in [0.15, 0.2) is 0 Å². The van der Waals surface area contributed by atoms with Gasteiger partial charge in [0.1, 0.15) is 0 Å². The van der Waals surface area contributed by atoms with Crippen LogP contribution in [0.5, 0.6) is 0 Å². The third kappa shape index (κ3) is 1.31. The third-order valence-corrected chi connectivity index (χ3v) is 0.658. The van der Waals surface area contributed by atoms with E-state index in [9.17, 15) is 8.42 Å². The van der Waals surface area contributed by atoms with E-state index in [0.717, 1.165) is 0 Å². The van der Waals surface area contributed by atoms with Gasteiger partial charge < -0.3 is 5.48 Å². The highest BCUT2D eigenvalue weighted by atomic mass is 32.3. The van der Waals surface area contributed by atoms with Gasteiger partial charge in [-0.25, -0.2) is 0 Å². The Balaban J connectivity index is 0.000000250. The molecule has 0 amide bonds. The second-order valence-electron chi connectivity index (χ2n) is 0.621. The molecule has 0 atom stereocenters. The van der Waals surface area contributed by atoms with Crippen molar-refractivity contribution in [2.75, 3.05) is 0 Å². The molecule has 1 heterocycles. The Bertz CT molecular complexity index is 110. The van der Waals surface area contributed by atoms with Gasteiger partial charge in [-0.1, -0.05) is 4.89 Å². The molecule has 0 aromatic rings. The Hall–Kier alpha value is -0.170. The number of hydrogen-bond donors (Lipinski definition) is 1. The second-order valence-corrected chi connectivity index (χ2v) is 1.86. The molecule has 0 aliphatic carbocycles. The van der Waals surface area contributed by atoms with Gasteiger partial charge in [-0.3, -0.25) is 0 Å². The molecular formula is H3NO4S. The lowest BCUT2D eigenvalue weighted by atomic mass is 13.6. The van der Waals surface area contributed by atoms with Crippen LogP contribution in [0.3, 0.4) is 0 Å². The summed E-state index contributed by atoms with van der Waals surface area (Å²) in [6.45, 7) is 0. The predicted octanol–water partition coefficient (Wildman–Crippen LogP) is -2.06. The number of hydrogen-bond acceptors (Lipinski definition) is 3. The first kappa shape index (κ1) is 5.83. The fourth-order valence-corrected chi connectivity index (χ4v) is 0.250. The van der Waals surface area contributed by atoms with Crippen LogP contribution < -0.4 is 4.89 Å². The van der Waals surface area contributed by atoms with Crippen LogP contribution in [-0.4, -0.2) is 13.9 Å². The minimum Gasteiger partial charge on any atom is -0.412 e. The van der Waals surface area contributed by atoms with E-state index in [0.29, 0.717) is 0 Å². The first-order valence-corrected chi connectivity index (χ1v) is 2.32. The zero-order valence-electron chi connectivity index (χ0n) is 2.63. The maximum absolute atomic E-state index is 9.41. The van der Waals surface area contributed by atoms with Crippen LogP contribution >= 0.6 is 0 Å². The lowest BCUT2D eigenvalue weighted by molar-refractivity contribution is 0.451. The second kappa shape index (κ2) is 1.16. The Morgan fingerprint density at radius 1 is 1.50 bits per heavy atom. The van der Waals surface area contributed by atoms with E-state index in [1.54, 1.807) is 4.89 Å². The van der Waals surface area contributed by atoms with E-state index in [-0.39, 0.29) is 5.48 Å². The van der Waals surface area contributed by atoms with Gasteiger partial charge in [-0.05, 0) is 0 Å². The molecule has 1 aliphatic heterocycles. The molecule has 0 aromatic carbocycles. The van der Waals surface area contributed by atoms with Crippen LogP contribution in [0.15, 0.2) is 0 Å². The van der Waals surface area contributed by atoms with Gasteiger partial charge in [-0.2, -0.15) is 8.42 Å². The summed E-state index contributed by atoms with van der Waals surface area (Å²) in [5.74, 6) is 0. The van der Waals surface area contributed by atoms with Gasteiger partial charge in [-0.15, -0.1) is 4.28 Å². The largest absolute Gasteiger partial charge is 0.412 e. The monoisotopic (exact) mass is 113 g/mol. The summed E-state index contributed by atoms with van der Waals surface area (Å²) in [6.07, 6.45) is 0. The molecule has 6 heavy (non-hydrogen) atoms. The van der Waals surface area contributed by atoms with Crippen LogP contribution in [0.25, 0.3) is 0 Å².